The first-order valence-electron chi connectivity index (χ1n) is 9.03. The molecule has 3 atom stereocenters. The van der Waals surface area contributed by atoms with Crippen LogP contribution in [0.15, 0.2) is 30.3 Å². The van der Waals surface area contributed by atoms with Crippen molar-refractivity contribution in [1.82, 2.24) is 0 Å². The summed E-state index contributed by atoms with van der Waals surface area (Å²) in [5.74, 6) is 5.27. The minimum Gasteiger partial charge on any atom is -0.443 e. The van der Waals surface area contributed by atoms with Crippen LogP contribution in [0, 0.1) is 17.8 Å². The average molecular weight is 360 g/mol. The second kappa shape index (κ2) is 9.18. The quantitative estimate of drug-likeness (QED) is 0.624. The van der Waals surface area contributed by atoms with Crippen LogP contribution < -0.4 is 0 Å². The Hall–Kier alpha value is -1.87. The summed E-state index contributed by atoms with van der Waals surface area (Å²) in [6.45, 7) is 7.71. The van der Waals surface area contributed by atoms with E-state index in [0.29, 0.717) is 24.3 Å². The Morgan fingerprint density at radius 1 is 1.27 bits per heavy atom. The van der Waals surface area contributed by atoms with E-state index in [1.54, 1.807) is 38.1 Å². The van der Waals surface area contributed by atoms with E-state index in [-0.39, 0.29) is 6.61 Å². The first-order valence-corrected chi connectivity index (χ1v) is 9.03. The summed E-state index contributed by atoms with van der Waals surface area (Å²) < 4.78 is 17.5. The Kier molecular flexibility index (Phi) is 7.22. The zero-order chi connectivity index (χ0) is 19.2. The molecular weight excluding hydrogens is 332 g/mol. The van der Waals surface area contributed by atoms with Crippen molar-refractivity contribution in [2.75, 3.05) is 6.61 Å². The van der Waals surface area contributed by atoms with Gasteiger partial charge < -0.3 is 19.3 Å². The molecule has 1 heterocycles. The molecule has 2 rings (SSSR count). The van der Waals surface area contributed by atoms with Crippen molar-refractivity contribution in [3.63, 3.8) is 0 Å². The minimum absolute atomic E-state index is 0.0423. The summed E-state index contributed by atoms with van der Waals surface area (Å²) in [4.78, 5) is 12.5. The van der Waals surface area contributed by atoms with Crippen LogP contribution in [0.2, 0.25) is 0 Å². The van der Waals surface area contributed by atoms with Crippen molar-refractivity contribution >= 4 is 5.97 Å². The van der Waals surface area contributed by atoms with E-state index in [9.17, 15) is 9.90 Å². The molecule has 0 aromatic heterocycles. The second-order valence-corrected chi connectivity index (χ2v) is 7.26. The molecule has 0 spiro atoms. The molecule has 0 aliphatic carbocycles. The van der Waals surface area contributed by atoms with Crippen LogP contribution in [0.4, 0.5) is 0 Å². The lowest BCUT2D eigenvalue weighted by Gasteiger charge is -2.22. The molecule has 1 saturated heterocycles. The highest BCUT2D eigenvalue weighted by molar-refractivity contribution is 5.89. The molecule has 0 radical (unpaired) electrons. The predicted molar refractivity (Wildman–Crippen MR) is 98.4 cm³/mol. The first-order chi connectivity index (χ1) is 12.3. The summed E-state index contributed by atoms with van der Waals surface area (Å²) in [6.07, 6.45) is -0.624. The summed E-state index contributed by atoms with van der Waals surface area (Å²) in [7, 11) is 0. The van der Waals surface area contributed by atoms with Crippen LogP contribution in [0.1, 0.15) is 50.9 Å². The van der Waals surface area contributed by atoms with Crippen LogP contribution in [0.3, 0.4) is 0 Å². The Morgan fingerprint density at radius 3 is 2.58 bits per heavy atom. The van der Waals surface area contributed by atoms with Crippen LogP contribution in [0.25, 0.3) is 0 Å². The molecular formula is C21H28O5. The van der Waals surface area contributed by atoms with Gasteiger partial charge in [-0.2, -0.15) is 0 Å². The molecule has 5 nitrogen and oxygen atoms in total. The van der Waals surface area contributed by atoms with Gasteiger partial charge in [0.05, 0.1) is 11.7 Å². The first kappa shape index (κ1) is 20.4. The third-order valence-corrected chi connectivity index (χ3v) is 3.93. The molecule has 1 N–H and O–H groups in total. The normalized spacial score (nSPS) is 22.5. The van der Waals surface area contributed by atoms with Crippen molar-refractivity contribution in [3.8, 4) is 11.8 Å². The number of esters is 1. The van der Waals surface area contributed by atoms with Gasteiger partial charge in [-0.3, -0.25) is 0 Å². The SMILES string of the molecule is CC(C)CC#CC(OC(=O)c1ccccc1)[C@H]1OC(C)(C)O[C@H]1CCO. The molecule has 0 bridgehead atoms. The van der Waals surface area contributed by atoms with Crippen molar-refractivity contribution in [2.45, 2.75) is 64.6 Å². The fraction of sp³-hybridized carbons (Fsp3) is 0.571. The van der Waals surface area contributed by atoms with E-state index in [2.05, 4.69) is 25.7 Å². The largest absolute Gasteiger partial charge is 0.443 e. The van der Waals surface area contributed by atoms with Gasteiger partial charge in [-0.25, -0.2) is 4.79 Å². The molecule has 5 heteroatoms. The van der Waals surface area contributed by atoms with Crippen LogP contribution in [-0.2, 0) is 14.2 Å². The van der Waals surface area contributed by atoms with E-state index in [1.807, 2.05) is 6.07 Å². The zero-order valence-corrected chi connectivity index (χ0v) is 15.9. The fourth-order valence-corrected chi connectivity index (χ4v) is 2.77. The zero-order valence-electron chi connectivity index (χ0n) is 15.9. The lowest BCUT2D eigenvalue weighted by Crippen LogP contribution is -2.38. The third-order valence-electron chi connectivity index (χ3n) is 3.93. The number of aliphatic hydroxyl groups excluding tert-OH is 1. The monoisotopic (exact) mass is 360 g/mol. The van der Waals surface area contributed by atoms with Crippen molar-refractivity contribution < 1.29 is 24.1 Å². The van der Waals surface area contributed by atoms with E-state index in [1.165, 1.54) is 0 Å². The number of hydrogen-bond donors (Lipinski definition) is 1. The third kappa shape index (κ3) is 5.84. The van der Waals surface area contributed by atoms with Gasteiger partial charge in [0.2, 0.25) is 0 Å². The molecule has 1 aromatic rings. The molecule has 0 saturated carbocycles. The van der Waals surface area contributed by atoms with Crippen molar-refractivity contribution in [3.05, 3.63) is 35.9 Å². The van der Waals surface area contributed by atoms with Gasteiger partial charge in [0.15, 0.2) is 11.9 Å². The highest BCUT2D eigenvalue weighted by Gasteiger charge is 2.46. The van der Waals surface area contributed by atoms with Gasteiger partial charge in [-0.15, -0.1) is 0 Å². The molecule has 1 unspecified atom stereocenters. The van der Waals surface area contributed by atoms with E-state index in [0.717, 1.165) is 0 Å². The van der Waals surface area contributed by atoms with Crippen molar-refractivity contribution in [1.29, 1.82) is 0 Å². The Labute approximate surface area is 155 Å². The summed E-state index contributed by atoms with van der Waals surface area (Å²) in [6, 6.07) is 8.79. The molecule has 1 aliphatic rings. The summed E-state index contributed by atoms with van der Waals surface area (Å²) in [5.41, 5.74) is 0.458. The second-order valence-electron chi connectivity index (χ2n) is 7.26. The van der Waals surface area contributed by atoms with Crippen LogP contribution in [0.5, 0.6) is 0 Å². The topological polar surface area (TPSA) is 65.0 Å². The maximum absolute atomic E-state index is 12.5. The lowest BCUT2D eigenvalue weighted by molar-refractivity contribution is -0.153. The van der Waals surface area contributed by atoms with Gasteiger partial charge in [-0.1, -0.05) is 43.9 Å². The van der Waals surface area contributed by atoms with Gasteiger partial charge in [0, 0.05) is 13.0 Å². The molecule has 1 aromatic carbocycles. The highest BCUT2D eigenvalue weighted by atomic mass is 16.8. The average Bonchev–Trinajstić information content (AvgIpc) is 2.89. The van der Waals surface area contributed by atoms with E-state index >= 15 is 0 Å². The van der Waals surface area contributed by atoms with Gasteiger partial charge in [0.25, 0.3) is 0 Å². The van der Waals surface area contributed by atoms with Gasteiger partial charge in [-0.05, 0) is 38.3 Å². The summed E-state index contributed by atoms with van der Waals surface area (Å²) >= 11 is 0. The molecule has 26 heavy (non-hydrogen) atoms. The lowest BCUT2D eigenvalue weighted by atomic mass is 10.0. The number of rotatable bonds is 6. The highest BCUT2D eigenvalue weighted by Crippen LogP contribution is 2.32. The van der Waals surface area contributed by atoms with Crippen LogP contribution in [-0.4, -0.2) is 41.8 Å². The number of carbonyl (C=O) groups is 1. The Balaban J connectivity index is 2.22. The number of aliphatic hydroxyl groups is 1. The number of hydrogen-bond acceptors (Lipinski definition) is 5. The van der Waals surface area contributed by atoms with Gasteiger partial charge >= 0.3 is 5.97 Å². The summed E-state index contributed by atoms with van der Waals surface area (Å²) in [5, 5.41) is 9.33. The molecule has 1 fully saturated rings. The van der Waals surface area contributed by atoms with Crippen LogP contribution >= 0.6 is 0 Å². The fourth-order valence-electron chi connectivity index (χ4n) is 2.77. The Bertz CT molecular complexity index is 641. The number of ether oxygens (including phenoxy) is 3. The van der Waals surface area contributed by atoms with Crippen molar-refractivity contribution in [2.24, 2.45) is 5.92 Å². The number of carbonyl (C=O) groups excluding carboxylic acids is 1. The predicted octanol–water partition coefficient (Wildman–Crippen LogP) is 3.16. The minimum atomic E-state index is -0.818. The smallest absolute Gasteiger partial charge is 0.339 e. The van der Waals surface area contributed by atoms with E-state index < -0.39 is 30.1 Å². The maximum atomic E-state index is 12.5. The van der Waals surface area contributed by atoms with Gasteiger partial charge in [0.1, 0.15) is 6.10 Å². The Morgan fingerprint density at radius 2 is 1.96 bits per heavy atom. The standard InChI is InChI=1S/C21H28O5/c1-15(2)9-8-12-17(24-20(23)16-10-6-5-7-11-16)19-18(13-14-22)25-21(3,4)26-19/h5-7,10-11,15,17-19,22H,9,13-14H2,1-4H3/t17?,18-,19+/m0/s1. The molecule has 1 aliphatic heterocycles. The maximum Gasteiger partial charge on any atom is 0.339 e. The number of benzene rings is 1. The molecule has 0 amide bonds. The van der Waals surface area contributed by atoms with E-state index in [4.69, 9.17) is 14.2 Å². The molecule has 142 valence electrons.